The van der Waals surface area contributed by atoms with Gasteiger partial charge in [-0.05, 0) is 25.2 Å². The molecule has 0 amide bonds. The van der Waals surface area contributed by atoms with E-state index in [1.54, 1.807) is 0 Å². The zero-order valence-electron chi connectivity index (χ0n) is 12.9. The topological polar surface area (TPSA) is 37.3 Å². The van der Waals surface area contributed by atoms with Gasteiger partial charge in [0.2, 0.25) is 0 Å². The van der Waals surface area contributed by atoms with Crippen LogP contribution in [-0.2, 0) is 4.79 Å². The van der Waals surface area contributed by atoms with Gasteiger partial charge in [-0.2, -0.15) is 0 Å². The fraction of sp³-hybridized carbons (Fsp3) is 0.941. The molecule has 2 atom stereocenters. The second kappa shape index (κ2) is 8.60. The third-order valence-corrected chi connectivity index (χ3v) is 4.80. The van der Waals surface area contributed by atoms with E-state index in [2.05, 4.69) is 13.8 Å². The minimum atomic E-state index is -0.537. The first-order chi connectivity index (χ1) is 9.10. The number of carboxylic acid groups (broad SMARTS) is 1. The van der Waals surface area contributed by atoms with E-state index in [1.165, 1.54) is 44.9 Å². The van der Waals surface area contributed by atoms with Crippen LogP contribution < -0.4 is 0 Å². The lowest BCUT2D eigenvalue weighted by Crippen LogP contribution is -2.35. The second-order valence-electron chi connectivity index (χ2n) is 6.66. The quantitative estimate of drug-likeness (QED) is 0.568. The number of rotatable bonds is 9. The van der Waals surface area contributed by atoms with E-state index in [0.29, 0.717) is 5.92 Å². The first-order valence-corrected chi connectivity index (χ1v) is 8.34. The molecule has 0 bridgehead atoms. The summed E-state index contributed by atoms with van der Waals surface area (Å²) in [6.45, 7) is 4.45. The maximum absolute atomic E-state index is 11.6. The number of aliphatic carboxylic acids is 1. The van der Waals surface area contributed by atoms with Crippen molar-refractivity contribution in [1.82, 2.24) is 0 Å². The van der Waals surface area contributed by atoms with Crippen molar-refractivity contribution >= 4 is 5.97 Å². The van der Waals surface area contributed by atoms with E-state index < -0.39 is 5.97 Å². The highest BCUT2D eigenvalue weighted by Crippen LogP contribution is 2.43. The van der Waals surface area contributed by atoms with E-state index in [9.17, 15) is 9.90 Å². The average Bonchev–Trinajstić information content (AvgIpc) is 2.37. The van der Waals surface area contributed by atoms with E-state index in [4.69, 9.17) is 0 Å². The normalized spacial score (nSPS) is 27.4. The lowest BCUT2D eigenvalue weighted by atomic mass is 9.67. The van der Waals surface area contributed by atoms with Crippen molar-refractivity contribution in [3.05, 3.63) is 0 Å². The Hall–Kier alpha value is -0.530. The summed E-state index contributed by atoms with van der Waals surface area (Å²) in [6, 6.07) is 0. The van der Waals surface area contributed by atoms with Crippen molar-refractivity contribution < 1.29 is 9.90 Å². The smallest absolute Gasteiger partial charge is 0.309 e. The van der Waals surface area contributed by atoms with Crippen molar-refractivity contribution in [2.45, 2.75) is 90.9 Å². The summed E-state index contributed by atoms with van der Waals surface area (Å²) < 4.78 is 0. The van der Waals surface area contributed by atoms with Gasteiger partial charge < -0.3 is 5.11 Å². The molecular formula is C17H32O2. The van der Waals surface area contributed by atoms with Crippen LogP contribution in [0.2, 0.25) is 0 Å². The van der Waals surface area contributed by atoms with Gasteiger partial charge in [0, 0.05) is 0 Å². The van der Waals surface area contributed by atoms with Gasteiger partial charge in [0.1, 0.15) is 0 Å². The first kappa shape index (κ1) is 16.5. The highest BCUT2D eigenvalue weighted by molar-refractivity contribution is 5.74. The van der Waals surface area contributed by atoms with Crippen molar-refractivity contribution in [2.75, 3.05) is 0 Å². The molecular weight excluding hydrogens is 236 g/mol. The minimum Gasteiger partial charge on any atom is -0.481 e. The second-order valence-corrected chi connectivity index (χ2v) is 6.66. The molecule has 19 heavy (non-hydrogen) atoms. The standard InChI is InChI=1S/C17H32O2/c1-3-4-5-6-7-8-9-12-17(16(18)19)13-10-11-15(2)14-17/h15H,3-14H2,1-2H3,(H,18,19). The molecule has 0 heterocycles. The molecule has 112 valence electrons. The molecule has 2 unspecified atom stereocenters. The lowest BCUT2D eigenvalue weighted by molar-refractivity contribution is -0.152. The van der Waals surface area contributed by atoms with E-state index in [0.717, 1.165) is 32.1 Å². The highest BCUT2D eigenvalue weighted by atomic mass is 16.4. The molecule has 1 saturated carbocycles. The Morgan fingerprint density at radius 1 is 1.16 bits per heavy atom. The fourth-order valence-electron chi connectivity index (χ4n) is 3.61. The Labute approximate surface area is 119 Å². The molecule has 0 spiro atoms. The molecule has 0 aromatic heterocycles. The molecule has 0 aliphatic heterocycles. The summed E-state index contributed by atoms with van der Waals surface area (Å²) in [4.78, 5) is 11.6. The van der Waals surface area contributed by atoms with Crippen LogP contribution in [0.4, 0.5) is 0 Å². The molecule has 1 aliphatic carbocycles. The van der Waals surface area contributed by atoms with Crippen LogP contribution in [0.3, 0.4) is 0 Å². The summed E-state index contributed by atoms with van der Waals surface area (Å²) in [5, 5.41) is 9.58. The largest absolute Gasteiger partial charge is 0.481 e. The zero-order chi connectivity index (χ0) is 14.1. The number of unbranched alkanes of at least 4 members (excludes halogenated alkanes) is 6. The third-order valence-electron chi connectivity index (χ3n) is 4.80. The lowest BCUT2D eigenvalue weighted by Gasteiger charge is -2.36. The summed E-state index contributed by atoms with van der Waals surface area (Å²) in [6.07, 6.45) is 13.9. The molecule has 1 aliphatic rings. The molecule has 1 fully saturated rings. The number of hydrogen-bond donors (Lipinski definition) is 1. The van der Waals surface area contributed by atoms with E-state index in [-0.39, 0.29) is 5.41 Å². The number of carboxylic acids is 1. The van der Waals surface area contributed by atoms with Crippen LogP contribution in [0.5, 0.6) is 0 Å². The van der Waals surface area contributed by atoms with Crippen LogP contribution in [0.1, 0.15) is 90.9 Å². The van der Waals surface area contributed by atoms with Crippen LogP contribution in [0.25, 0.3) is 0 Å². The summed E-state index contributed by atoms with van der Waals surface area (Å²) in [5.41, 5.74) is -0.388. The average molecular weight is 268 g/mol. The minimum absolute atomic E-state index is 0.388. The molecule has 1 N–H and O–H groups in total. The van der Waals surface area contributed by atoms with E-state index in [1.807, 2.05) is 0 Å². The van der Waals surface area contributed by atoms with Gasteiger partial charge in [-0.25, -0.2) is 0 Å². The van der Waals surface area contributed by atoms with Crippen LogP contribution >= 0.6 is 0 Å². The summed E-state index contributed by atoms with van der Waals surface area (Å²) >= 11 is 0. The summed E-state index contributed by atoms with van der Waals surface area (Å²) in [7, 11) is 0. The molecule has 2 nitrogen and oxygen atoms in total. The monoisotopic (exact) mass is 268 g/mol. The Morgan fingerprint density at radius 3 is 2.37 bits per heavy atom. The van der Waals surface area contributed by atoms with Gasteiger partial charge in [-0.1, -0.05) is 71.6 Å². The molecule has 1 rings (SSSR count). The maximum atomic E-state index is 11.6. The van der Waals surface area contributed by atoms with Gasteiger partial charge in [-0.15, -0.1) is 0 Å². The Balaban J connectivity index is 2.25. The Kier molecular flexibility index (Phi) is 7.48. The van der Waals surface area contributed by atoms with Crippen molar-refractivity contribution in [1.29, 1.82) is 0 Å². The highest BCUT2D eigenvalue weighted by Gasteiger charge is 2.40. The fourth-order valence-corrected chi connectivity index (χ4v) is 3.61. The Morgan fingerprint density at radius 2 is 1.79 bits per heavy atom. The Bertz CT molecular complexity index is 262. The molecule has 0 radical (unpaired) electrons. The van der Waals surface area contributed by atoms with Crippen molar-refractivity contribution in [3.63, 3.8) is 0 Å². The van der Waals surface area contributed by atoms with E-state index >= 15 is 0 Å². The van der Waals surface area contributed by atoms with Crippen LogP contribution in [0.15, 0.2) is 0 Å². The first-order valence-electron chi connectivity index (χ1n) is 8.34. The predicted octanol–water partition coefficient (Wildman–Crippen LogP) is 5.41. The van der Waals surface area contributed by atoms with Gasteiger partial charge in [0.05, 0.1) is 5.41 Å². The SMILES string of the molecule is CCCCCCCCCC1(C(=O)O)CCCC(C)C1. The van der Waals surface area contributed by atoms with Gasteiger partial charge >= 0.3 is 5.97 Å². The third kappa shape index (κ3) is 5.54. The molecule has 0 aromatic carbocycles. The molecule has 0 saturated heterocycles. The number of carbonyl (C=O) groups is 1. The van der Waals surface area contributed by atoms with Crippen molar-refractivity contribution in [3.8, 4) is 0 Å². The summed E-state index contributed by atoms with van der Waals surface area (Å²) in [5.74, 6) is 0.0550. The van der Waals surface area contributed by atoms with Gasteiger partial charge in [0.25, 0.3) is 0 Å². The van der Waals surface area contributed by atoms with Crippen LogP contribution in [0, 0.1) is 11.3 Å². The van der Waals surface area contributed by atoms with Gasteiger partial charge in [0.15, 0.2) is 0 Å². The molecule has 2 heteroatoms. The van der Waals surface area contributed by atoms with Crippen molar-refractivity contribution in [2.24, 2.45) is 11.3 Å². The predicted molar refractivity (Wildman–Crippen MR) is 80.3 cm³/mol. The number of hydrogen-bond acceptors (Lipinski definition) is 1. The zero-order valence-corrected chi connectivity index (χ0v) is 12.9. The van der Waals surface area contributed by atoms with Crippen LogP contribution in [-0.4, -0.2) is 11.1 Å². The molecule has 0 aromatic rings. The van der Waals surface area contributed by atoms with Gasteiger partial charge in [-0.3, -0.25) is 4.79 Å². The maximum Gasteiger partial charge on any atom is 0.309 e.